The number of nitrogen functional groups attached to an aromatic ring is 1. The Morgan fingerprint density at radius 2 is 2.22 bits per heavy atom. The molecule has 1 rings (SSSR count). The molecule has 1 aromatic rings. The third-order valence-electron chi connectivity index (χ3n) is 2.88. The van der Waals surface area contributed by atoms with Crippen LogP contribution in [0, 0.1) is 0 Å². The molecular weight excluding hydrogens is 232 g/mol. The van der Waals surface area contributed by atoms with Gasteiger partial charge < -0.3 is 20.9 Å². The van der Waals surface area contributed by atoms with Crippen molar-refractivity contribution in [1.29, 1.82) is 0 Å². The number of hydrogen-bond donors (Lipinski definition) is 3. The molecule has 0 saturated carbocycles. The lowest BCUT2D eigenvalue weighted by atomic mass is 10.0. The van der Waals surface area contributed by atoms with E-state index in [1.54, 1.807) is 25.1 Å². The summed E-state index contributed by atoms with van der Waals surface area (Å²) in [6.45, 7) is 3.74. The number of aliphatic hydroxyl groups is 1. The van der Waals surface area contributed by atoms with Crippen molar-refractivity contribution in [3.05, 3.63) is 23.8 Å². The highest BCUT2D eigenvalue weighted by Crippen LogP contribution is 2.21. The lowest BCUT2D eigenvalue weighted by molar-refractivity contribution is 0.0518. The largest absolute Gasteiger partial charge is 0.495 e. The molecule has 1 unspecified atom stereocenters. The standard InChI is InChI=1S/C13H20N2O3/c1-4-13(2,17)8-15-12(16)9-5-6-11(18-3)10(14)7-9/h5-7,17H,4,8,14H2,1-3H3,(H,15,16). The number of carbonyl (C=O) groups is 1. The van der Waals surface area contributed by atoms with Crippen LogP contribution in [-0.4, -0.2) is 30.3 Å². The van der Waals surface area contributed by atoms with Gasteiger partial charge in [0.25, 0.3) is 5.91 Å². The normalized spacial score (nSPS) is 13.8. The van der Waals surface area contributed by atoms with E-state index in [2.05, 4.69) is 5.32 Å². The fourth-order valence-electron chi connectivity index (χ4n) is 1.37. The molecule has 5 heteroatoms. The Morgan fingerprint density at radius 3 is 2.72 bits per heavy atom. The lowest BCUT2D eigenvalue weighted by Crippen LogP contribution is -2.40. The molecule has 0 radical (unpaired) electrons. The molecule has 0 saturated heterocycles. The summed E-state index contributed by atoms with van der Waals surface area (Å²) in [5.74, 6) is 0.269. The van der Waals surface area contributed by atoms with Gasteiger partial charge in [-0.2, -0.15) is 0 Å². The highest BCUT2D eigenvalue weighted by molar-refractivity contribution is 5.95. The molecule has 0 aliphatic rings. The van der Waals surface area contributed by atoms with Crippen molar-refractivity contribution in [3.63, 3.8) is 0 Å². The minimum Gasteiger partial charge on any atom is -0.495 e. The summed E-state index contributed by atoms with van der Waals surface area (Å²) >= 11 is 0. The number of amides is 1. The van der Waals surface area contributed by atoms with E-state index >= 15 is 0 Å². The average molecular weight is 252 g/mol. The van der Waals surface area contributed by atoms with Crippen LogP contribution in [0.3, 0.4) is 0 Å². The van der Waals surface area contributed by atoms with Gasteiger partial charge >= 0.3 is 0 Å². The molecule has 1 atom stereocenters. The van der Waals surface area contributed by atoms with Crippen LogP contribution in [0.25, 0.3) is 0 Å². The van der Waals surface area contributed by atoms with Crippen LogP contribution in [0.4, 0.5) is 5.69 Å². The highest BCUT2D eigenvalue weighted by Gasteiger charge is 2.19. The van der Waals surface area contributed by atoms with Crippen LogP contribution in [0.15, 0.2) is 18.2 Å². The molecule has 100 valence electrons. The Bertz CT molecular complexity index is 430. The van der Waals surface area contributed by atoms with Gasteiger partial charge in [0.05, 0.1) is 18.4 Å². The number of methoxy groups -OCH3 is 1. The summed E-state index contributed by atoms with van der Waals surface area (Å²) in [4.78, 5) is 11.8. The first-order valence-electron chi connectivity index (χ1n) is 5.83. The van der Waals surface area contributed by atoms with Crippen molar-refractivity contribution in [2.45, 2.75) is 25.9 Å². The Labute approximate surface area is 107 Å². The van der Waals surface area contributed by atoms with Crippen LogP contribution in [0.5, 0.6) is 5.75 Å². The van der Waals surface area contributed by atoms with Crippen molar-refractivity contribution in [2.75, 3.05) is 19.4 Å². The Balaban J connectivity index is 2.71. The van der Waals surface area contributed by atoms with E-state index in [9.17, 15) is 9.90 Å². The Kier molecular flexibility index (Phi) is 4.55. The van der Waals surface area contributed by atoms with Gasteiger partial charge in [0.1, 0.15) is 5.75 Å². The molecule has 18 heavy (non-hydrogen) atoms. The van der Waals surface area contributed by atoms with Gasteiger partial charge in [-0.05, 0) is 31.5 Å². The Hall–Kier alpha value is -1.75. The number of benzene rings is 1. The van der Waals surface area contributed by atoms with Gasteiger partial charge in [0, 0.05) is 12.1 Å². The van der Waals surface area contributed by atoms with Crippen molar-refractivity contribution >= 4 is 11.6 Å². The van der Waals surface area contributed by atoms with E-state index in [1.165, 1.54) is 7.11 Å². The maximum Gasteiger partial charge on any atom is 0.251 e. The van der Waals surface area contributed by atoms with Crippen LogP contribution in [0.1, 0.15) is 30.6 Å². The third kappa shape index (κ3) is 3.63. The zero-order valence-electron chi connectivity index (χ0n) is 11.0. The molecule has 4 N–H and O–H groups in total. The van der Waals surface area contributed by atoms with E-state index in [0.29, 0.717) is 23.4 Å². The number of nitrogens with two attached hydrogens (primary N) is 1. The van der Waals surface area contributed by atoms with Gasteiger partial charge in [-0.15, -0.1) is 0 Å². The van der Waals surface area contributed by atoms with Crippen molar-refractivity contribution in [3.8, 4) is 5.75 Å². The third-order valence-corrected chi connectivity index (χ3v) is 2.88. The minimum atomic E-state index is -0.895. The molecule has 0 bridgehead atoms. The molecule has 0 heterocycles. The quantitative estimate of drug-likeness (QED) is 0.687. The van der Waals surface area contributed by atoms with Crippen LogP contribution in [0.2, 0.25) is 0 Å². The fraction of sp³-hybridized carbons (Fsp3) is 0.462. The summed E-state index contributed by atoms with van der Waals surface area (Å²) < 4.78 is 5.01. The number of hydrogen-bond acceptors (Lipinski definition) is 4. The van der Waals surface area contributed by atoms with Gasteiger partial charge in [-0.3, -0.25) is 4.79 Å². The number of anilines is 1. The predicted molar refractivity (Wildman–Crippen MR) is 70.7 cm³/mol. The molecular formula is C13H20N2O3. The maximum atomic E-state index is 11.8. The van der Waals surface area contributed by atoms with E-state index in [1.807, 2.05) is 6.92 Å². The molecule has 0 aliphatic heterocycles. The highest BCUT2D eigenvalue weighted by atomic mass is 16.5. The maximum absolute atomic E-state index is 11.8. The first-order valence-corrected chi connectivity index (χ1v) is 5.83. The van der Waals surface area contributed by atoms with E-state index in [4.69, 9.17) is 10.5 Å². The number of nitrogens with one attached hydrogen (secondary N) is 1. The topological polar surface area (TPSA) is 84.6 Å². The van der Waals surface area contributed by atoms with Gasteiger partial charge in [-0.25, -0.2) is 0 Å². The number of rotatable bonds is 5. The zero-order valence-corrected chi connectivity index (χ0v) is 11.0. The second kappa shape index (κ2) is 5.73. The molecule has 0 fully saturated rings. The lowest BCUT2D eigenvalue weighted by Gasteiger charge is -2.21. The summed E-state index contributed by atoms with van der Waals surface area (Å²) in [6.07, 6.45) is 0.567. The molecule has 1 aromatic carbocycles. The molecule has 0 spiro atoms. The van der Waals surface area contributed by atoms with E-state index in [0.717, 1.165) is 0 Å². The molecule has 5 nitrogen and oxygen atoms in total. The van der Waals surface area contributed by atoms with Crippen molar-refractivity contribution in [1.82, 2.24) is 5.32 Å². The van der Waals surface area contributed by atoms with Gasteiger partial charge in [0.15, 0.2) is 0 Å². The zero-order chi connectivity index (χ0) is 13.8. The first kappa shape index (κ1) is 14.3. The van der Waals surface area contributed by atoms with E-state index < -0.39 is 5.60 Å². The predicted octanol–water partition coefficient (Wildman–Crippen LogP) is 1.17. The smallest absolute Gasteiger partial charge is 0.251 e. The average Bonchev–Trinajstić information content (AvgIpc) is 2.36. The Morgan fingerprint density at radius 1 is 1.56 bits per heavy atom. The van der Waals surface area contributed by atoms with Gasteiger partial charge in [0.2, 0.25) is 0 Å². The van der Waals surface area contributed by atoms with Crippen LogP contribution >= 0.6 is 0 Å². The fourth-order valence-corrected chi connectivity index (χ4v) is 1.37. The monoisotopic (exact) mass is 252 g/mol. The summed E-state index contributed by atoms with van der Waals surface area (Å²) in [7, 11) is 1.52. The van der Waals surface area contributed by atoms with Crippen molar-refractivity contribution in [2.24, 2.45) is 0 Å². The molecule has 1 amide bonds. The second-order valence-corrected chi connectivity index (χ2v) is 4.49. The summed E-state index contributed by atoms with van der Waals surface area (Å²) in [5, 5.41) is 12.5. The SMILES string of the molecule is CCC(C)(O)CNC(=O)c1ccc(OC)c(N)c1. The number of ether oxygens (including phenoxy) is 1. The number of carbonyl (C=O) groups excluding carboxylic acids is 1. The van der Waals surface area contributed by atoms with E-state index in [-0.39, 0.29) is 12.5 Å². The molecule has 0 aliphatic carbocycles. The van der Waals surface area contributed by atoms with Gasteiger partial charge in [-0.1, -0.05) is 6.92 Å². The van der Waals surface area contributed by atoms with Crippen molar-refractivity contribution < 1.29 is 14.6 Å². The minimum absolute atomic E-state index is 0.203. The van der Waals surface area contributed by atoms with Crippen LogP contribution < -0.4 is 15.8 Å². The van der Waals surface area contributed by atoms with Crippen LogP contribution in [-0.2, 0) is 0 Å². The summed E-state index contributed by atoms with van der Waals surface area (Å²) in [6, 6.07) is 4.82. The molecule has 0 aromatic heterocycles. The second-order valence-electron chi connectivity index (χ2n) is 4.49. The summed E-state index contributed by atoms with van der Waals surface area (Å²) in [5.41, 5.74) is 5.68. The first-order chi connectivity index (χ1) is 8.39.